The van der Waals surface area contributed by atoms with Gasteiger partial charge in [-0.1, -0.05) is 12.1 Å². The van der Waals surface area contributed by atoms with Crippen LogP contribution in [-0.4, -0.2) is 56.4 Å². The Morgan fingerprint density at radius 1 is 1.18 bits per heavy atom. The number of esters is 1. The minimum Gasteiger partial charge on any atom is -0.497 e. The number of nitrogens with one attached hydrogen (secondary N) is 2. The highest BCUT2D eigenvalue weighted by Gasteiger charge is 2.38. The molecule has 9 nitrogen and oxygen atoms in total. The molecule has 0 aliphatic carbocycles. The zero-order valence-corrected chi connectivity index (χ0v) is 20.3. The first-order valence-corrected chi connectivity index (χ1v) is 12.4. The molecule has 3 rings (SSSR count). The monoisotopic (exact) mass is 477 g/mol. The average Bonchev–Trinajstić information content (AvgIpc) is 3.12. The maximum absolute atomic E-state index is 13.5. The maximum Gasteiger partial charge on any atom is 0.341 e. The van der Waals surface area contributed by atoms with Gasteiger partial charge in [0.1, 0.15) is 16.2 Å². The minimum absolute atomic E-state index is 0.0282. The number of carbonyl (C=O) groups is 2. The predicted octanol–water partition coefficient (Wildman–Crippen LogP) is 2.53. The van der Waals surface area contributed by atoms with Crippen LogP contribution in [0.3, 0.4) is 0 Å². The highest BCUT2D eigenvalue weighted by atomic mass is 32.2. The zero-order chi connectivity index (χ0) is 24.2. The first kappa shape index (κ1) is 24.8. The van der Waals surface area contributed by atoms with E-state index in [0.29, 0.717) is 30.8 Å². The van der Waals surface area contributed by atoms with E-state index in [9.17, 15) is 18.0 Å². The highest BCUT2D eigenvalue weighted by Crippen LogP contribution is 2.30. The summed E-state index contributed by atoms with van der Waals surface area (Å²) >= 11 is 0. The van der Waals surface area contributed by atoms with Crippen LogP contribution in [0.2, 0.25) is 0 Å². The molecule has 180 valence electrons. The molecule has 1 amide bonds. The standard InChI is InChI=1S/C23H31N3O6S/c1-5-32-23(28)20-15(2)25-16(3)21(20)33(29,30)26-12-6-7-18(14-26)22(27)24-13-17-8-10-19(31-4)11-9-17/h8-11,18,25H,5-7,12-14H2,1-4H3,(H,24,27)/t18-/m0/s1. The van der Waals surface area contributed by atoms with E-state index in [1.807, 2.05) is 24.3 Å². The van der Waals surface area contributed by atoms with Crippen LogP contribution < -0.4 is 10.1 Å². The zero-order valence-electron chi connectivity index (χ0n) is 19.4. The van der Waals surface area contributed by atoms with Crippen LogP contribution in [0.5, 0.6) is 5.75 Å². The molecule has 1 atom stereocenters. The first-order valence-electron chi connectivity index (χ1n) is 11.0. The number of carbonyl (C=O) groups excluding carboxylic acids is 2. The molecule has 10 heteroatoms. The lowest BCUT2D eigenvalue weighted by atomic mass is 9.99. The summed E-state index contributed by atoms with van der Waals surface area (Å²) in [5, 5.41) is 2.90. The molecule has 0 spiro atoms. The van der Waals surface area contributed by atoms with Gasteiger partial charge < -0.3 is 19.8 Å². The number of methoxy groups -OCH3 is 1. The van der Waals surface area contributed by atoms with Gasteiger partial charge in [-0.3, -0.25) is 4.79 Å². The lowest BCUT2D eigenvalue weighted by molar-refractivity contribution is -0.126. The van der Waals surface area contributed by atoms with Gasteiger partial charge in [0.25, 0.3) is 0 Å². The number of rotatable bonds is 8. The summed E-state index contributed by atoms with van der Waals surface area (Å²) in [7, 11) is -2.41. The molecule has 1 aliphatic rings. The second kappa shape index (κ2) is 10.4. The van der Waals surface area contributed by atoms with Crippen LogP contribution in [0.1, 0.15) is 47.1 Å². The van der Waals surface area contributed by atoms with Crippen LogP contribution in [0.25, 0.3) is 0 Å². The number of aromatic nitrogens is 1. The molecule has 2 heterocycles. The van der Waals surface area contributed by atoms with Crippen LogP contribution in [-0.2, 0) is 26.1 Å². The summed E-state index contributed by atoms with van der Waals surface area (Å²) in [5.41, 5.74) is 1.76. The Morgan fingerprint density at radius 2 is 1.88 bits per heavy atom. The number of piperidine rings is 1. The van der Waals surface area contributed by atoms with E-state index < -0.39 is 21.9 Å². The van der Waals surface area contributed by atoms with Crippen LogP contribution >= 0.6 is 0 Å². The van der Waals surface area contributed by atoms with Gasteiger partial charge in [0.05, 0.1) is 19.6 Å². The Hall–Kier alpha value is -2.85. The molecular weight excluding hydrogens is 446 g/mol. The molecule has 0 unspecified atom stereocenters. The molecule has 1 aromatic heterocycles. The number of ether oxygens (including phenoxy) is 2. The van der Waals surface area contributed by atoms with E-state index >= 15 is 0 Å². The maximum atomic E-state index is 13.5. The van der Waals surface area contributed by atoms with Crippen molar-refractivity contribution in [1.29, 1.82) is 0 Å². The molecule has 33 heavy (non-hydrogen) atoms. The molecule has 0 saturated carbocycles. The van der Waals surface area contributed by atoms with Crippen LogP contribution in [0.4, 0.5) is 0 Å². The smallest absolute Gasteiger partial charge is 0.341 e. The largest absolute Gasteiger partial charge is 0.497 e. The molecule has 0 bridgehead atoms. The molecule has 1 aromatic carbocycles. The minimum atomic E-state index is -4.00. The van der Waals surface area contributed by atoms with Gasteiger partial charge in [-0.2, -0.15) is 4.31 Å². The Bertz CT molecular complexity index is 1110. The third-order valence-electron chi connectivity index (χ3n) is 5.78. The summed E-state index contributed by atoms with van der Waals surface area (Å²) in [5.74, 6) is -0.615. The van der Waals surface area contributed by atoms with Crippen molar-refractivity contribution in [2.24, 2.45) is 5.92 Å². The number of benzene rings is 1. The molecule has 2 N–H and O–H groups in total. The molecule has 1 saturated heterocycles. The van der Waals surface area contributed by atoms with E-state index in [2.05, 4.69) is 10.3 Å². The second-order valence-electron chi connectivity index (χ2n) is 8.07. The Kier molecular flexibility index (Phi) is 7.80. The van der Waals surface area contributed by atoms with Crippen molar-refractivity contribution < 1.29 is 27.5 Å². The number of H-pyrrole nitrogens is 1. The second-order valence-corrected chi connectivity index (χ2v) is 9.94. The van der Waals surface area contributed by atoms with Crippen molar-refractivity contribution in [2.45, 2.75) is 45.1 Å². The molecular formula is C23H31N3O6S. The summed E-state index contributed by atoms with van der Waals surface area (Å²) in [6.45, 7) is 5.76. The highest BCUT2D eigenvalue weighted by molar-refractivity contribution is 7.89. The SMILES string of the molecule is CCOC(=O)c1c(C)[nH]c(C)c1S(=O)(=O)N1CCC[C@H](C(=O)NCc2ccc(OC)cc2)C1. The summed E-state index contributed by atoms with van der Waals surface area (Å²) < 4.78 is 38.5. The summed E-state index contributed by atoms with van der Waals surface area (Å²) in [6.07, 6.45) is 1.15. The van der Waals surface area contributed by atoms with Crippen molar-refractivity contribution in [2.75, 3.05) is 26.8 Å². The molecule has 1 fully saturated rings. The Morgan fingerprint density at radius 3 is 2.52 bits per heavy atom. The molecule has 2 aromatic rings. The van der Waals surface area contributed by atoms with E-state index in [4.69, 9.17) is 9.47 Å². The summed E-state index contributed by atoms with van der Waals surface area (Å²) in [6, 6.07) is 7.37. The van der Waals surface area contributed by atoms with Gasteiger partial charge in [-0.25, -0.2) is 13.2 Å². The third-order valence-corrected chi connectivity index (χ3v) is 7.81. The number of aromatic amines is 1. The summed E-state index contributed by atoms with van der Waals surface area (Å²) in [4.78, 5) is 28.1. The number of aryl methyl sites for hydroxylation is 2. The van der Waals surface area contributed by atoms with Crippen LogP contribution in [0, 0.1) is 19.8 Å². The van der Waals surface area contributed by atoms with Crippen molar-refractivity contribution >= 4 is 21.9 Å². The first-order chi connectivity index (χ1) is 15.7. The topological polar surface area (TPSA) is 118 Å². The van der Waals surface area contributed by atoms with Gasteiger partial charge >= 0.3 is 5.97 Å². The van der Waals surface area contributed by atoms with E-state index in [1.54, 1.807) is 27.9 Å². The van der Waals surface area contributed by atoms with E-state index in [0.717, 1.165) is 11.3 Å². The quantitative estimate of drug-likeness (QED) is 0.564. The van der Waals surface area contributed by atoms with Crippen molar-refractivity contribution in [1.82, 2.24) is 14.6 Å². The van der Waals surface area contributed by atoms with E-state index in [-0.39, 0.29) is 36.1 Å². The van der Waals surface area contributed by atoms with Crippen LogP contribution in [0.15, 0.2) is 29.2 Å². The normalized spacial score (nSPS) is 16.9. The number of sulfonamides is 1. The molecule has 0 radical (unpaired) electrons. The van der Waals surface area contributed by atoms with Gasteiger partial charge in [0, 0.05) is 31.0 Å². The van der Waals surface area contributed by atoms with Gasteiger partial charge in [0.2, 0.25) is 15.9 Å². The van der Waals surface area contributed by atoms with Gasteiger partial charge in [-0.15, -0.1) is 0 Å². The van der Waals surface area contributed by atoms with E-state index in [1.165, 1.54) is 4.31 Å². The van der Waals surface area contributed by atoms with Gasteiger partial charge in [-0.05, 0) is 51.3 Å². The number of nitrogens with zero attached hydrogens (tertiary/aromatic N) is 1. The fourth-order valence-electron chi connectivity index (χ4n) is 4.11. The van der Waals surface area contributed by atoms with Crippen molar-refractivity contribution in [3.8, 4) is 5.75 Å². The fourth-order valence-corrected chi connectivity index (χ4v) is 6.05. The lowest BCUT2D eigenvalue weighted by Gasteiger charge is -2.31. The molecule has 1 aliphatic heterocycles. The fraction of sp³-hybridized carbons (Fsp3) is 0.478. The number of amides is 1. The predicted molar refractivity (Wildman–Crippen MR) is 123 cm³/mol. The number of hydrogen-bond donors (Lipinski definition) is 2. The lowest BCUT2D eigenvalue weighted by Crippen LogP contribution is -2.45. The average molecular weight is 478 g/mol. The Balaban J connectivity index is 1.74. The van der Waals surface area contributed by atoms with Crippen molar-refractivity contribution in [3.63, 3.8) is 0 Å². The number of hydrogen-bond acceptors (Lipinski definition) is 6. The third kappa shape index (κ3) is 5.39. The van der Waals surface area contributed by atoms with Gasteiger partial charge in [0.15, 0.2) is 0 Å². The van der Waals surface area contributed by atoms with Crippen molar-refractivity contribution in [3.05, 3.63) is 46.8 Å². The Labute approximate surface area is 194 Å².